The van der Waals surface area contributed by atoms with Crippen LogP contribution in [-0.4, -0.2) is 15.0 Å². The molecule has 13 aromatic rings. The second-order valence-electron chi connectivity index (χ2n) is 14.7. The summed E-state index contributed by atoms with van der Waals surface area (Å²) >= 11 is 3.66. The Morgan fingerprint density at radius 2 is 0.912 bits per heavy atom. The third-order valence-electron chi connectivity index (χ3n) is 11.5. The molecule has 0 radical (unpaired) electrons. The number of para-hydroxylation sites is 1. The number of hydrogen-bond acceptors (Lipinski definition) is 6. The SMILES string of the molecule is c1ccc2c(c1)oc1cc(-c3nc(-c4ccc(-c5ccc6c(c5)c5cccc7sc8cccc6c8c75)cc4)nc(-c4cccc5c4sc4ccccc45)n3)ccc12. The number of hydrogen-bond donors (Lipinski definition) is 0. The van der Waals surface area contributed by atoms with E-state index < -0.39 is 0 Å². The monoisotopic (exact) mass is 761 g/mol. The van der Waals surface area contributed by atoms with Gasteiger partial charge >= 0.3 is 0 Å². The minimum atomic E-state index is 0.603. The first-order valence-electron chi connectivity index (χ1n) is 19.0. The highest BCUT2D eigenvalue weighted by Crippen LogP contribution is 2.46. The van der Waals surface area contributed by atoms with Gasteiger partial charge in [0.2, 0.25) is 0 Å². The van der Waals surface area contributed by atoms with Gasteiger partial charge in [-0.05, 0) is 81.2 Å². The van der Waals surface area contributed by atoms with Crippen LogP contribution < -0.4 is 0 Å². The molecule has 264 valence electrons. The molecule has 13 rings (SSSR count). The van der Waals surface area contributed by atoms with Gasteiger partial charge in [-0.15, -0.1) is 22.7 Å². The molecular formula is C51H27N3OS2. The minimum absolute atomic E-state index is 0.603. The van der Waals surface area contributed by atoms with Crippen molar-refractivity contribution in [2.45, 2.75) is 0 Å². The summed E-state index contributed by atoms with van der Waals surface area (Å²) in [5, 5.41) is 12.6. The Morgan fingerprint density at radius 1 is 0.333 bits per heavy atom. The maximum absolute atomic E-state index is 6.30. The van der Waals surface area contributed by atoms with Gasteiger partial charge in [0.1, 0.15) is 11.2 Å². The molecule has 4 heterocycles. The van der Waals surface area contributed by atoms with E-state index in [0.29, 0.717) is 17.5 Å². The molecule has 4 aromatic heterocycles. The van der Waals surface area contributed by atoms with E-state index in [9.17, 15) is 0 Å². The summed E-state index contributed by atoms with van der Waals surface area (Å²) in [5.41, 5.74) is 6.78. The molecule has 57 heavy (non-hydrogen) atoms. The normalized spacial score (nSPS) is 12.2. The highest BCUT2D eigenvalue weighted by molar-refractivity contribution is 7.26. The molecule has 6 heteroatoms. The smallest absolute Gasteiger partial charge is 0.165 e. The standard InChI is InChI=1S/C51H27N3OS2/c1-3-14-41-33(8-1)34-25-23-31(27-42(34)55-41)50-52-49(53-51(54-50)39-13-5-12-38-35-9-2-4-15-43(35)57-48(38)39)29-20-18-28(19-21-29)30-22-24-32-36-10-6-16-44-46(36)47-37(40(32)26-30)11-7-17-45(47)56-44/h1-27H. The Morgan fingerprint density at radius 3 is 1.75 bits per heavy atom. The third-order valence-corrected chi connectivity index (χ3v) is 13.9. The predicted octanol–water partition coefficient (Wildman–Crippen LogP) is 14.9. The molecule has 0 bridgehead atoms. The van der Waals surface area contributed by atoms with Gasteiger partial charge in [-0.1, -0.05) is 115 Å². The predicted molar refractivity (Wildman–Crippen MR) is 241 cm³/mol. The van der Waals surface area contributed by atoms with Crippen molar-refractivity contribution in [3.8, 4) is 45.3 Å². The van der Waals surface area contributed by atoms with Crippen LogP contribution in [-0.2, 0) is 0 Å². The van der Waals surface area contributed by atoms with Crippen LogP contribution in [0.25, 0.3) is 129 Å². The van der Waals surface area contributed by atoms with Crippen LogP contribution in [0.2, 0.25) is 0 Å². The second-order valence-corrected chi connectivity index (χ2v) is 16.8. The van der Waals surface area contributed by atoms with Crippen molar-refractivity contribution in [2.75, 3.05) is 0 Å². The van der Waals surface area contributed by atoms with E-state index in [1.807, 2.05) is 29.5 Å². The van der Waals surface area contributed by atoms with Gasteiger partial charge in [0.05, 0.1) is 0 Å². The second kappa shape index (κ2) is 11.8. The molecule has 9 aromatic carbocycles. The van der Waals surface area contributed by atoms with Gasteiger partial charge in [0.25, 0.3) is 0 Å². The number of rotatable bonds is 4. The van der Waals surface area contributed by atoms with Crippen molar-refractivity contribution in [1.29, 1.82) is 0 Å². The summed E-state index contributed by atoms with van der Waals surface area (Å²) in [7, 11) is 0. The molecule has 0 spiro atoms. The van der Waals surface area contributed by atoms with E-state index in [0.717, 1.165) is 44.2 Å². The summed E-state index contributed by atoms with van der Waals surface area (Å²) in [4.78, 5) is 15.5. The number of benzene rings is 9. The fourth-order valence-corrected chi connectivity index (χ4v) is 11.2. The number of fused-ring (bicyclic) bond motifs is 9. The van der Waals surface area contributed by atoms with Crippen molar-refractivity contribution in [3.63, 3.8) is 0 Å². The summed E-state index contributed by atoms with van der Waals surface area (Å²) < 4.78 is 11.4. The number of thiophene rings is 2. The number of furan rings is 1. The third kappa shape index (κ3) is 4.63. The van der Waals surface area contributed by atoms with Gasteiger partial charge in [0, 0.05) is 67.8 Å². The Balaban J connectivity index is 0.965. The van der Waals surface area contributed by atoms with Gasteiger partial charge in [-0.25, -0.2) is 15.0 Å². The van der Waals surface area contributed by atoms with Crippen LogP contribution in [0.5, 0.6) is 0 Å². The number of nitrogens with zero attached hydrogens (tertiary/aromatic N) is 3. The first kappa shape index (κ1) is 31.2. The lowest BCUT2D eigenvalue weighted by Crippen LogP contribution is -2.00. The van der Waals surface area contributed by atoms with E-state index >= 15 is 0 Å². The Labute approximate surface area is 333 Å². The van der Waals surface area contributed by atoms with E-state index in [4.69, 9.17) is 19.4 Å². The highest BCUT2D eigenvalue weighted by Gasteiger charge is 2.19. The molecule has 0 amide bonds. The molecule has 0 unspecified atom stereocenters. The van der Waals surface area contributed by atoms with E-state index in [1.54, 1.807) is 11.3 Å². The molecule has 0 aliphatic heterocycles. The highest BCUT2D eigenvalue weighted by atomic mass is 32.1. The van der Waals surface area contributed by atoms with Crippen molar-refractivity contribution < 1.29 is 4.42 Å². The van der Waals surface area contributed by atoms with Crippen molar-refractivity contribution in [1.82, 2.24) is 15.0 Å². The van der Waals surface area contributed by atoms with E-state index in [-0.39, 0.29) is 0 Å². The number of aromatic nitrogens is 3. The molecule has 0 aliphatic carbocycles. The van der Waals surface area contributed by atoms with E-state index in [2.05, 4.69) is 146 Å². The fraction of sp³-hybridized carbons (Fsp3) is 0. The van der Waals surface area contributed by atoms with Crippen LogP contribution in [0.4, 0.5) is 0 Å². The lowest BCUT2D eigenvalue weighted by atomic mass is 9.92. The molecular weight excluding hydrogens is 735 g/mol. The molecule has 0 saturated carbocycles. The minimum Gasteiger partial charge on any atom is -0.456 e. The molecule has 0 N–H and O–H groups in total. The fourth-order valence-electron chi connectivity index (χ4n) is 8.85. The van der Waals surface area contributed by atoms with E-state index in [1.165, 1.54) is 67.5 Å². The molecule has 0 fully saturated rings. The Kier molecular flexibility index (Phi) is 6.45. The maximum atomic E-state index is 6.30. The largest absolute Gasteiger partial charge is 0.456 e. The maximum Gasteiger partial charge on any atom is 0.165 e. The molecule has 4 nitrogen and oxygen atoms in total. The summed E-state index contributed by atoms with van der Waals surface area (Å²) in [6.07, 6.45) is 0. The lowest BCUT2D eigenvalue weighted by Gasteiger charge is -2.12. The molecule has 0 saturated heterocycles. The van der Waals surface area contributed by atoms with Crippen LogP contribution in [0.1, 0.15) is 0 Å². The summed E-state index contributed by atoms with van der Waals surface area (Å²) in [6, 6.07) is 58.4. The zero-order valence-electron chi connectivity index (χ0n) is 30.2. The first-order chi connectivity index (χ1) is 28.2. The zero-order valence-corrected chi connectivity index (χ0v) is 31.8. The van der Waals surface area contributed by atoms with Crippen LogP contribution in [0.3, 0.4) is 0 Å². The van der Waals surface area contributed by atoms with Gasteiger partial charge in [-0.2, -0.15) is 0 Å². The Bertz CT molecular complexity index is 3760. The Hall–Kier alpha value is -6.99. The molecule has 0 aliphatic rings. The zero-order chi connectivity index (χ0) is 37.2. The van der Waals surface area contributed by atoms with Crippen molar-refractivity contribution >= 4 is 107 Å². The summed E-state index contributed by atoms with van der Waals surface area (Å²) in [5.74, 6) is 1.87. The van der Waals surface area contributed by atoms with Gasteiger partial charge < -0.3 is 4.42 Å². The van der Waals surface area contributed by atoms with Crippen molar-refractivity contribution in [2.24, 2.45) is 0 Å². The molecule has 0 atom stereocenters. The average Bonchev–Trinajstić information content (AvgIpc) is 3.97. The topological polar surface area (TPSA) is 51.8 Å². The summed E-state index contributed by atoms with van der Waals surface area (Å²) in [6.45, 7) is 0. The van der Waals surface area contributed by atoms with Crippen LogP contribution >= 0.6 is 22.7 Å². The van der Waals surface area contributed by atoms with Gasteiger partial charge in [-0.3, -0.25) is 0 Å². The van der Waals surface area contributed by atoms with Crippen LogP contribution in [0, 0.1) is 0 Å². The quantitative estimate of drug-likeness (QED) is 0.168. The van der Waals surface area contributed by atoms with Gasteiger partial charge in [0.15, 0.2) is 17.5 Å². The average molecular weight is 762 g/mol. The lowest BCUT2D eigenvalue weighted by molar-refractivity contribution is 0.669. The van der Waals surface area contributed by atoms with Crippen molar-refractivity contribution in [3.05, 3.63) is 164 Å². The van der Waals surface area contributed by atoms with Crippen LogP contribution in [0.15, 0.2) is 168 Å². The first-order valence-corrected chi connectivity index (χ1v) is 20.6.